The lowest BCUT2D eigenvalue weighted by molar-refractivity contribution is -0.141. The Morgan fingerprint density at radius 3 is 2.73 bits per heavy atom. The number of carbonyl (C=O) groups is 1. The van der Waals surface area contributed by atoms with Gasteiger partial charge in [-0.25, -0.2) is 9.97 Å². The van der Waals surface area contributed by atoms with Crippen LogP contribution in [0.2, 0.25) is 0 Å². The van der Waals surface area contributed by atoms with Crippen molar-refractivity contribution in [3.8, 4) is 10.6 Å². The zero-order chi connectivity index (χ0) is 21.7. The van der Waals surface area contributed by atoms with Crippen LogP contribution in [0.3, 0.4) is 0 Å². The van der Waals surface area contributed by atoms with Crippen molar-refractivity contribution < 1.29 is 18.0 Å². The number of halogens is 3. The molecule has 0 spiro atoms. The molecular formula is C21H24F3N3OS2. The summed E-state index contributed by atoms with van der Waals surface area (Å²) in [7, 11) is 0. The molecule has 4 nitrogen and oxygen atoms in total. The van der Waals surface area contributed by atoms with Gasteiger partial charge in [0.05, 0.1) is 16.3 Å². The molecular weight excluding hydrogens is 431 g/mol. The molecule has 0 radical (unpaired) electrons. The maximum atomic E-state index is 13.3. The maximum Gasteiger partial charge on any atom is 0.433 e. The second-order valence-corrected chi connectivity index (χ2v) is 11.3. The quantitative estimate of drug-likeness (QED) is 0.435. The summed E-state index contributed by atoms with van der Waals surface area (Å²) < 4.78 is 40.0. The third kappa shape index (κ3) is 4.51. The molecule has 1 aliphatic heterocycles. The number of aromatic nitrogens is 2. The van der Waals surface area contributed by atoms with Crippen LogP contribution in [0.1, 0.15) is 45.7 Å². The molecule has 2 aromatic heterocycles. The van der Waals surface area contributed by atoms with Crippen LogP contribution in [-0.4, -0.2) is 39.1 Å². The van der Waals surface area contributed by atoms with E-state index < -0.39 is 11.9 Å². The van der Waals surface area contributed by atoms with Crippen LogP contribution >= 0.6 is 23.1 Å². The van der Waals surface area contributed by atoms with Gasteiger partial charge in [0.25, 0.3) is 0 Å². The van der Waals surface area contributed by atoms with Crippen molar-refractivity contribution in [2.24, 2.45) is 10.8 Å². The van der Waals surface area contributed by atoms with Gasteiger partial charge in [-0.15, -0.1) is 11.3 Å². The van der Waals surface area contributed by atoms with Crippen LogP contribution in [0.15, 0.2) is 28.7 Å². The summed E-state index contributed by atoms with van der Waals surface area (Å²) in [5, 5.41) is 1.77. The van der Waals surface area contributed by atoms with Crippen LogP contribution in [0.5, 0.6) is 0 Å². The second-order valence-electron chi connectivity index (χ2n) is 9.42. The molecule has 3 heterocycles. The highest BCUT2D eigenvalue weighted by atomic mass is 32.2. The van der Waals surface area contributed by atoms with Gasteiger partial charge in [0.15, 0.2) is 5.16 Å². The molecule has 9 heteroatoms. The number of hydrogen-bond acceptors (Lipinski definition) is 5. The molecule has 1 saturated heterocycles. The predicted octanol–water partition coefficient (Wildman–Crippen LogP) is 5.74. The van der Waals surface area contributed by atoms with Gasteiger partial charge in [-0.2, -0.15) is 13.2 Å². The Kier molecular flexibility index (Phi) is 5.41. The van der Waals surface area contributed by atoms with E-state index in [4.69, 9.17) is 0 Å². The van der Waals surface area contributed by atoms with Gasteiger partial charge in [0, 0.05) is 12.6 Å². The molecule has 2 aliphatic rings. The molecule has 1 amide bonds. The molecule has 0 unspecified atom stereocenters. The molecule has 4 rings (SSSR count). The molecule has 0 N–H and O–H groups in total. The summed E-state index contributed by atoms with van der Waals surface area (Å²) in [4.78, 5) is 23.5. The van der Waals surface area contributed by atoms with Crippen molar-refractivity contribution in [2.45, 2.75) is 57.4 Å². The smallest absolute Gasteiger partial charge is 0.338 e. The Morgan fingerprint density at radius 2 is 2.07 bits per heavy atom. The van der Waals surface area contributed by atoms with Crippen LogP contribution < -0.4 is 0 Å². The van der Waals surface area contributed by atoms with Crippen molar-refractivity contribution in [3.05, 3.63) is 29.3 Å². The minimum absolute atomic E-state index is 0.0183. The van der Waals surface area contributed by atoms with Gasteiger partial charge >= 0.3 is 6.18 Å². The van der Waals surface area contributed by atoms with E-state index in [1.54, 1.807) is 17.5 Å². The Hall–Kier alpha value is -1.61. The Morgan fingerprint density at radius 1 is 1.30 bits per heavy atom. The molecule has 2 aromatic rings. The van der Waals surface area contributed by atoms with Crippen LogP contribution in [-0.2, 0) is 11.0 Å². The van der Waals surface area contributed by atoms with Crippen molar-refractivity contribution in [1.29, 1.82) is 0 Å². The molecule has 2 fully saturated rings. The monoisotopic (exact) mass is 455 g/mol. The van der Waals surface area contributed by atoms with Crippen LogP contribution in [0.25, 0.3) is 10.6 Å². The van der Waals surface area contributed by atoms with Gasteiger partial charge < -0.3 is 4.90 Å². The Balaban J connectivity index is 1.51. The van der Waals surface area contributed by atoms with E-state index in [1.165, 1.54) is 11.3 Å². The second kappa shape index (κ2) is 7.51. The van der Waals surface area contributed by atoms with Crippen LogP contribution in [0, 0.1) is 10.8 Å². The average Bonchev–Trinajstić information content (AvgIpc) is 3.24. The van der Waals surface area contributed by atoms with E-state index in [-0.39, 0.29) is 39.4 Å². The van der Waals surface area contributed by atoms with E-state index in [2.05, 4.69) is 30.7 Å². The first kappa shape index (κ1) is 21.6. The first-order chi connectivity index (χ1) is 13.9. The van der Waals surface area contributed by atoms with Gasteiger partial charge in [-0.05, 0) is 47.6 Å². The lowest BCUT2D eigenvalue weighted by atomic mass is 9.65. The largest absolute Gasteiger partial charge is 0.433 e. The van der Waals surface area contributed by atoms with Crippen LogP contribution in [0.4, 0.5) is 13.2 Å². The normalized spacial score (nSPS) is 25.5. The molecule has 2 bridgehead atoms. The Bertz CT molecular complexity index is 945. The molecule has 0 aromatic carbocycles. The first-order valence-electron chi connectivity index (χ1n) is 9.87. The lowest BCUT2D eigenvalue weighted by Crippen LogP contribution is -2.38. The van der Waals surface area contributed by atoms with E-state index in [9.17, 15) is 18.0 Å². The number of fused-ring (bicyclic) bond motifs is 2. The van der Waals surface area contributed by atoms with Crippen molar-refractivity contribution >= 4 is 29.0 Å². The molecule has 1 saturated carbocycles. The van der Waals surface area contributed by atoms with Crippen molar-refractivity contribution in [3.63, 3.8) is 0 Å². The van der Waals surface area contributed by atoms with Gasteiger partial charge in [-0.3, -0.25) is 4.79 Å². The summed E-state index contributed by atoms with van der Waals surface area (Å²) >= 11 is 2.30. The van der Waals surface area contributed by atoms with Gasteiger partial charge in [0.2, 0.25) is 5.91 Å². The molecule has 1 aliphatic carbocycles. The first-order valence-corrected chi connectivity index (χ1v) is 11.7. The topological polar surface area (TPSA) is 46.1 Å². The number of rotatable bonds is 4. The fraction of sp³-hybridized carbons (Fsp3) is 0.571. The predicted molar refractivity (Wildman–Crippen MR) is 112 cm³/mol. The number of thioether (sulfide) groups is 1. The minimum atomic E-state index is -4.57. The summed E-state index contributed by atoms with van der Waals surface area (Å²) in [6.45, 7) is 7.42. The fourth-order valence-electron chi connectivity index (χ4n) is 5.15. The fourth-order valence-corrected chi connectivity index (χ4v) is 6.58. The lowest BCUT2D eigenvalue weighted by Gasteiger charge is -2.39. The Labute approximate surface area is 182 Å². The van der Waals surface area contributed by atoms with E-state index >= 15 is 0 Å². The van der Waals surface area contributed by atoms with E-state index in [0.717, 1.165) is 37.1 Å². The summed E-state index contributed by atoms with van der Waals surface area (Å²) in [5.41, 5.74) is -0.443. The zero-order valence-corrected chi connectivity index (χ0v) is 18.8. The number of nitrogens with zero attached hydrogens (tertiary/aromatic N) is 3. The minimum Gasteiger partial charge on any atom is -0.338 e. The standard InChI is InChI=1S/C21H24F3N3OS2/c1-19(2)8-13-9-20(3,11-19)12-27(13)17(28)10-30-18-25-14(15-5-4-6-29-15)7-16(26-18)21(22,23)24/h4-7,13H,8-12H2,1-3H3/t13-,20-/m1/s1. The highest BCUT2D eigenvalue weighted by Crippen LogP contribution is 2.52. The van der Waals surface area contributed by atoms with E-state index in [1.807, 2.05) is 4.90 Å². The average molecular weight is 456 g/mol. The number of likely N-dealkylation sites (tertiary alicyclic amines) is 1. The molecule has 30 heavy (non-hydrogen) atoms. The highest BCUT2D eigenvalue weighted by molar-refractivity contribution is 7.99. The van der Waals surface area contributed by atoms with Crippen molar-refractivity contribution in [1.82, 2.24) is 14.9 Å². The summed E-state index contributed by atoms with van der Waals surface area (Å²) in [5.74, 6) is -0.0109. The van der Waals surface area contributed by atoms with Gasteiger partial charge in [0.1, 0.15) is 5.69 Å². The van der Waals surface area contributed by atoms with E-state index in [0.29, 0.717) is 11.4 Å². The third-order valence-corrected chi connectivity index (χ3v) is 7.55. The van der Waals surface area contributed by atoms with Gasteiger partial charge in [-0.1, -0.05) is 38.6 Å². The molecule has 2 atom stereocenters. The number of carbonyl (C=O) groups excluding carboxylic acids is 1. The summed E-state index contributed by atoms with van der Waals surface area (Å²) in [6.07, 6.45) is -1.54. The maximum absolute atomic E-state index is 13.3. The number of amides is 1. The number of hydrogen-bond donors (Lipinski definition) is 0. The molecule has 162 valence electrons. The number of alkyl halides is 3. The zero-order valence-electron chi connectivity index (χ0n) is 17.1. The SMILES string of the molecule is CC1(C)C[C@@H]2C[C@@](C)(CN2C(=O)CSc2nc(-c3cccs3)cc(C(F)(F)F)n2)C1. The third-order valence-electron chi connectivity index (χ3n) is 5.83. The highest BCUT2D eigenvalue weighted by Gasteiger charge is 2.50. The number of thiophene rings is 1. The summed E-state index contributed by atoms with van der Waals surface area (Å²) in [6, 6.07) is 4.65. The van der Waals surface area contributed by atoms with Crippen molar-refractivity contribution in [2.75, 3.05) is 12.3 Å².